The van der Waals surface area contributed by atoms with Crippen LogP contribution >= 0.6 is 0 Å². The summed E-state index contributed by atoms with van der Waals surface area (Å²) in [6.07, 6.45) is 5.22. The Kier molecular flexibility index (Phi) is 6.06. The van der Waals surface area contributed by atoms with Crippen LogP contribution in [0, 0.1) is 0 Å². The molecule has 2 aliphatic heterocycles. The fraction of sp³-hybridized carbons (Fsp3) is 0.476. The molecule has 1 aromatic heterocycles. The highest BCUT2D eigenvalue weighted by atomic mass is 16.7. The maximum atomic E-state index is 13.0. The average Bonchev–Trinajstić information content (AvgIpc) is 3.43. The number of nitrogens with zero attached hydrogens (tertiary/aromatic N) is 2. The molecule has 2 aliphatic rings. The Labute approximate surface area is 174 Å². The predicted molar refractivity (Wildman–Crippen MR) is 107 cm³/mol. The number of urea groups is 1. The zero-order valence-electron chi connectivity index (χ0n) is 17.0. The molecule has 1 atom stereocenters. The second kappa shape index (κ2) is 9.06. The molecule has 0 bridgehead atoms. The number of nitrogens with one attached hydrogen (secondary N) is 2. The highest BCUT2D eigenvalue weighted by Gasteiger charge is 2.34. The topological polar surface area (TPSA) is 106 Å². The number of methoxy groups -OCH3 is 1. The van der Waals surface area contributed by atoms with E-state index >= 15 is 0 Å². The molecule has 2 N–H and O–H groups in total. The van der Waals surface area contributed by atoms with Crippen molar-refractivity contribution in [3.8, 4) is 11.5 Å². The number of amides is 2. The first kappa shape index (κ1) is 20.1. The lowest BCUT2D eigenvalue weighted by Crippen LogP contribution is -2.46. The van der Waals surface area contributed by atoms with Crippen molar-refractivity contribution in [3.05, 3.63) is 41.5 Å². The van der Waals surface area contributed by atoms with Crippen LogP contribution in [0.3, 0.4) is 0 Å². The number of carbonyl (C=O) groups is 2. The van der Waals surface area contributed by atoms with Gasteiger partial charge in [-0.3, -0.25) is 4.79 Å². The molecule has 0 saturated carbocycles. The molecule has 3 heterocycles. The molecule has 2 amide bonds. The van der Waals surface area contributed by atoms with Crippen molar-refractivity contribution >= 4 is 12.0 Å². The predicted octanol–water partition coefficient (Wildman–Crippen LogP) is 2.53. The average molecular weight is 414 g/mol. The minimum atomic E-state index is -0.297. The van der Waals surface area contributed by atoms with E-state index in [1.54, 1.807) is 6.33 Å². The van der Waals surface area contributed by atoms with Crippen molar-refractivity contribution in [1.82, 2.24) is 20.2 Å². The number of unbranched alkanes of at least 4 members (excludes halogenated alkanes) is 2. The molecule has 160 valence electrons. The summed E-state index contributed by atoms with van der Waals surface area (Å²) in [5, 5.41) is 3.01. The van der Waals surface area contributed by atoms with E-state index in [0.29, 0.717) is 31.0 Å². The van der Waals surface area contributed by atoms with Crippen LogP contribution in [0.15, 0.2) is 24.5 Å². The summed E-state index contributed by atoms with van der Waals surface area (Å²) < 4.78 is 15.6. The van der Waals surface area contributed by atoms with Gasteiger partial charge in [0.1, 0.15) is 6.04 Å². The summed E-state index contributed by atoms with van der Waals surface area (Å²) in [5.74, 6) is 1.19. The van der Waals surface area contributed by atoms with Crippen molar-refractivity contribution in [3.63, 3.8) is 0 Å². The van der Waals surface area contributed by atoms with Gasteiger partial charge in [-0.15, -0.1) is 0 Å². The molecule has 9 heteroatoms. The van der Waals surface area contributed by atoms with Gasteiger partial charge in [0.2, 0.25) is 6.79 Å². The number of esters is 1. The maximum Gasteiger partial charge on any atom is 0.318 e. The smallest absolute Gasteiger partial charge is 0.318 e. The molecule has 30 heavy (non-hydrogen) atoms. The van der Waals surface area contributed by atoms with Gasteiger partial charge in [0, 0.05) is 31.6 Å². The van der Waals surface area contributed by atoms with Crippen molar-refractivity contribution in [2.45, 2.75) is 38.1 Å². The number of aromatic amines is 1. The van der Waals surface area contributed by atoms with Gasteiger partial charge in [-0.25, -0.2) is 9.78 Å². The van der Waals surface area contributed by atoms with Crippen molar-refractivity contribution < 1.29 is 23.8 Å². The number of fused-ring (bicyclic) bond motifs is 2. The molecule has 0 radical (unpaired) electrons. The molecule has 1 aromatic carbocycles. The third-order valence-electron chi connectivity index (χ3n) is 5.46. The first-order valence-electron chi connectivity index (χ1n) is 10.2. The second-order valence-corrected chi connectivity index (χ2v) is 7.34. The number of imidazole rings is 1. The quantitative estimate of drug-likeness (QED) is 0.533. The van der Waals surface area contributed by atoms with Gasteiger partial charge in [-0.2, -0.15) is 0 Å². The van der Waals surface area contributed by atoms with Crippen LogP contribution in [0.25, 0.3) is 0 Å². The van der Waals surface area contributed by atoms with Gasteiger partial charge in [-0.05, 0) is 30.5 Å². The summed E-state index contributed by atoms with van der Waals surface area (Å²) >= 11 is 0. The van der Waals surface area contributed by atoms with E-state index < -0.39 is 0 Å². The second-order valence-electron chi connectivity index (χ2n) is 7.34. The number of hydrogen-bond acceptors (Lipinski definition) is 6. The number of H-pyrrole nitrogens is 1. The molecular formula is C21H26N4O5. The van der Waals surface area contributed by atoms with E-state index in [4.69, 9.17) is 9.47 Å². The van der Waals surface area contributed by atoms with E-state index in [1.165, 1.54) is 7.11 Å². The van der Waals surface area contributed by atoms with Crippen LogP contribution in [0.2, 0.25) is 0 Å². The van der Waals surface area contributed by atoms with Gasteiger partial charge >= 0.3 is 12.0 Å². The van der Waals surface area contributed by atoms with Crippen molar-refractivity contribution in [2.75, 3.05) is 27.0 Å². The van der Waals surface area contributed by atoms with Crippen LogP contribution < -0.4 is 14.8 Å². The van der Waals surface area contributed by atoms with E-state index in [1.807, 2.05) is 23.1 Å². The highest BCUT2D eigenvalue weighted by molar-refractivity contribution is 5.76. The minimum Gasteiger partial charge on any atom is -0.469 e. The van der Waals surface area contributed by atoms with E-state index in [2.05, 4.69) is 20.0 Å². The summed E-state index contributed by atoms with van der Waals surface area (Å²) in [7, 11) is 1.39. The number of rotatable bonds is 7. The van der Waals surface area contributed by atoms with Gasteiger partial charge in [0.15, 0.2) is 11.5 Å². The van der Waals surface area contributed by atoms with Gasteiger partial charge < -0.3 is 29.4 Å². The van der Waals surface area contributed by atoms with Crippen LogP contribution in [0.5, 0.6) is 11.5 Å². The van der Waals surface area contributed by atoms with Crippen LogP contribution in [0.4, 0.5) is 4.79 Å². The molecule has 4 rings (SSSR count). The third kappa shape index (κ3) is 4.19. The fourth-order valence-electron chi connectivity index (χ4n) is 3.89. The van der Waals surface area contributed by atoms with E-state index in [9.17, 15) is 9.59 Å². The molecule has 0 saturated heterocycles. The maximum absolute atomic E-state index is 13.0. The van der Waals surface area contributed by atoms with Gasteiger partial charge in [0.25, 0.3) is 0 Å². The Balaban J connectivity index is 1.41. The number of benzene rings is 1. The Morgan fingerprint density at radius 2 is 2.13 bits per heavy atom. The first-order valence-corrected chi connectivity index (χ1v) is 10.2. The lowest BCUT2D eigenvalue weighted by atomic mass is 9.95. The number of ether oxygens (including phenoxy) is 3. The van der Waals surface area contributed by atoms with Crippen molar-refractivity contribution in [2.24, 2.45) is 0 Å². The largest absolute Gasteiger partial charge is 0.469 e. The molecule has 2 aromatic rings. The van der Waals surface area contributed by atoms with Crippen LogP contribution in [-0.2, 0) is 16.0 Å². The Morgan fingerprint density at radius 3 is 3.00 bits per heavy atom. The summed E-state index contributed by atoms with van der Waals surface area (Å²) in [6, 6.07) is 5.32. The van der Waals surface area contributed by atoms with Gasteiger partial charge in [0.05, 0.1) is 19.1 Å². The molecule has 0 spiro atoms. The zero-order valence-corrected chi connectivity index (χ0v) is 17.0. The third-order valence-corrected chi connectivity index (χ3v) is 5.46. The SMILES string of the molecule is COC(=O)CCCCCNC(=O)N1CCc2[nH]cnc2[C@H]1c1ccc2c(c1)OCO2. The minimum absolute atomic E-state index is 0.126. The fourth-order valence-corrected chi connectivity index (χ4v) is 3.89. The molecule has 9 nitrogen and oxygen atoms in total. The monoisotopic (exact) mass is 414 g/mol. The lowest BCUT2D eigenvalue weighted by molar-refractivity contribution is -0.140. The zero-order chi connectivity index (χ0) is 20.9. The number of aromatic nitrogens is 2. The van der Waals surface area contributed by atoms with E-state index in [0.717, 1.165) is 42.6 Å². The summed E-state index contributed by atoms with van der Waals surface area (Å²) in [4.78, 5) is 33.6. The number of carbonyl (C=O) groups excluding carboxylic acids is 2. The summed E-state index contributed by atoms with van der Waals surface area (Å²) in [6.45, 7) is 1.34. The summed E-state index contributed by atoms with van der Waals surface area (Å²) in [5.41, 5.74) is 2.83. The van der Waals surface area contributed by atoms with Crippen LogP contribution in [0.1, 0.15) is 48.7 Å². The highest BCUT2D eigenvalue weighted by Crippen LogP contribution is 2.39. The Morgan fingerprint density at radius 1 is 1.27 bits per heavy atom. The Bertz CT molecular complexity index is 913. The van der Waals surface area contributed by atoms with Gasteiger partial charge in [-0.1, -0.05) is 12.5 Å². The molecule has 0 unspecified atom stereocenters. The lowest BCUT2D eigenvalue weighted by Gasteiger charge is -2.35. The van der Waals surface area contributed by atoms with E-state index in [-0.39, 0.29) is 24.8 Å². The Hall–Kier alpha value is -3.23. The molecular weight excluding hydrogens is 388 g/mol. The standard InChI is InChI=1S/C21H26N4O5/c1-28-18(26)5-3-2-4-9-22-21(27)25-10-8-15-19(24-12-23-15)20(25)14-6-7-16-17(11-14)30-13-29-16/h6-7,11-12,20H,2-5,8-10,13H2,1H3,(H,22,27)(H,23,24)/t20-/m1/s1. The first-order chi connectivity index (χ1) is 14.7. The van der Waals surface area contributed by atoms with Crippen molar-refractivity contribution in [1.29, 1.82) is 0 Å². The normalized spacial score (nSPS) is 16.8. The molecule has 0 fully saturated rings. The number of hydrogen-bond donors (Lipinski definition) is 2. The van der Waals surface area contributed by atoms with Crippen LogP contribution in [-0.4, -0.2) is 53.9 Å². The molecule has 0 aliphatic carbocycles.